The molecule has 2 heterocycles. The molecule has 0 bridgehead atoms. The minimum Gasteiger partial charge on any atom is -0.358 e. The Labute approximate surface area is 127 Å². The van der Waals surface area contributed by atoms with E-state index in [0.29, 0.717) is 18.3 Å². The molecular weight excluding hydrogens is 288 g/mol. The maximum absolute atomic E-state index is 11.9. The van der Waals surface area contributed by atoms with Crippen LogP contribution in [0.25, 0.3) is 10.2 Å². The Hall–Kier alpha value is -1.93. The van der Waals surface area contributed by atoms with Crippen molar-refractivity contribution in [3.8, 4) is 0 Å². The number of aryl methyl sites for hydroxylation is 1. The summed E-state index contributed by atoms with van der Waals surface area (Å²) in [5, 5.41) is 6.88. The average molecular weight is 308 g/mol. The number of aromatic nitrogens is 2. The van der Waals surface area contributed by atoms with Crippen molar-refractivity contribution in [2.45, 2.75) is 33.2 Å². The van der Waals surface area contributed by atoms with Crippen molar-refractivity contribution in [1.82, 2.24) is 15.3 Å². The van der Waals surface area contributed by atoms with Crippen molar-refractivity contribution in [3.63, 3.8) is 0 Å². The number of amides is 1. The highest BCUT2D eigenvalue weighted by molar-refractivity contribution is 7.18. The second-order valence-corrected chi connectivity index (χ2v) is 6.01. The van der Waals surface area contributed by atoms with Crippen molar-refractivity contribution in [3.05, 3.63) is 10.9 Å². The summed E-state index contributed by atoms with van der Waals surface area (Å²) in [6, 6.07) is 1.61. The summed E-state index contributed by atoms with van der Waals surface area (Å²) in [6.45, 7) is 6.48. The lowest BCUT2D eigenvalue weighted by Gasteiger charge is -2.15. The topological polar surface area (TPSA) is 105 Å². The lowest BCUT2D eigenvalue weighted by Crippen LogP contribution is -2.38. The molecule has 21 heavy (non-hydrogen) atoms. The highest BCUT2D eigenvalue weighted by Gasteiger charge is 2.16. The number of hydrogen-bond acceptors (Lipinski definition) is 7. The third kappa shape index (κ3) is 3.59. The molecule has 0 saturated carbocycles. The fourth-order valence-electron chi connectivity index (χ4n) is 1.89. The summed E-state index contributed by atoms with van der Waals surface area (Å²) in [6.07, 6.45) is 0.904. The largest absolute Gasteiger partial charge is 0.358 e. The lowest BCUT2D eigenvalue weighted by atomic mass is 10.2. The lowest BCUT2D eigenvalue weighted by molar-refractivity contribution is -0.121. The highest BCUT2D eigenvalue weighted by atomic mass is 32.1. The SMILES string of the molecule is CCCNC(=O)C(C)Nc1nc(NN)nc2sc(C)cc12. The standard InChI is InChI=1S/C13H20N6OS/c1-4-5-15-11(20)8(3)16-10-9-6-7(2)21-12(9)18-13(17-10)19-14/h6,8H,4-5,14H2,1-3H3,(H,15,20)(H2,16,17,18,19). The molecule has 8 heteroatoms. The van der Waals surface area contributed by atoms with Gasteiger partial charge in [0.15, 0.2) is 0 Å². The van der Waals surface area contributed by atoms with Gasteiger partial charge in [0, 0.05) is 11.4 Å². The third-order valence-electron chi connectivity index (χ3n) is 2.94. The number of carbonyl (C=O) groups is 1. The fraction of sp³-hybridized carbons (Fsp3) is 0.462. The van der Waals surface area contributed by atoms with E-state index in [1.807, 2.05) is 19.9 Å². The molecular formula is C13H20N6OS. The van der Waals surface area contributed by atoms with Crippen LogP contribution in [0, 0.1) is 6.92 Å². The maximum atomic E-state index is 11.9. The third-order valence-corrected chi connectivity index (χ3v) is 3.89. The zero-order valence-corrected chi connectivity index (χ0v) is 13.2. The van der Waals surface area contributed by atoms with Crippen LogP contribution in [0.5, 0.6) is 0 Å². The van der Waals surface area contributed by atoms with Crippen molar-refractivity contribution in [1.29, 1.82) is 0 Å². The summed E-state index contributed by atoms with van der Waals surface area (Å²) >= 11 is 1.56. The Kier molecular flexibility index (Phi) is 4.92. The van der Waals surface area contributed by atoms with Crippen LogP contribution >= 0.6 is 11.3 Å². The quantitative estimate of drug-likeness (QED) is 0.477. The molecule has 0 aromatic carbocycles. The molecule has 5 N–H and O–H groups in total. The van der Waals surface area contributed by atoms with Crippen molar-refractivity contribution in [2.24, 2.45) is 5.84 Å². The number of nitrogen functional groups attached to an aromatic ring is 1. The van der Waals surface area contributed by atoms with Crippen LogP contribution in [0.2, 0.25) is 0 Å². The van der Waals surface area contributed by atoms with Crippen LogP contribution in [0.4, 0.5) is 11.8 Å². The molecule has 0 spiro atoms. The van der Waals surface area contributed by atoms with Gasteiger partial charge in [-0.15, -0.1) is 11.3 Å². The predicted octanol–water partition coefficient (Wildman–Crippen LogP) is 1.61. The van der Waals surface area contributed by atoms with E-state index in [1.54, 1.807) is 18.3 Å². The van der Waals surface area contributed by atoms with Crippen molar-refractivity contribution >= 4 is 39.2 Å². The van der Waals surface area contributed by atoms with Crippen molar-refractivity contribution < 1.29 is 4.79 Å². The number of nitrogens with zero attached hydrogens (tertiary/aromatic N) is 2. The van der Waals surface area contributed by atoms with Crippen LogP contribution < -0.4 is 21.9 Å². The maximum Gasteiger partial charge on any atom is 0.242 e. The smallest absolute Gasteiger partial charge is 0.242 e. The molecule has 0 aliphatic carbocycles. The van der Waals surface area contributed by atoms with Gasteiger partial charge in [0.2, 0.25) is 11.9 Å². The predicted molar refractivity (Wildman–Crippen MR) is 86.3 cm³/mol. The first kappa shape index (κ1) is 15.5. The Balaban J connectivity index is 2.26. The number of fused-ring (bicyclic) bond motifs is 1. The van der Waals surface area contributed by atoms with E-state index in [1.165, 1.54) is 0 Å². The molecule has 1 atom stereocenters. The molecule has 1 amide bonds. The molecule has 2 aromatic heterocycles. The molecule has 0 aliphatic heterocycles. The Morgan fingerprint density at radius 2 is 2.24 bits per heavy atom. The van der Waals surface area contributed by atoms with E-state index in [2.05, 4.69) is 26.0 Å². The Bertz CT molecular complexity index is 641. The van der Waals surface area contributed by atoms with Gasteiger partial charge < -0.3 is 10.6 Å². The van der Waals surface area contributed by atoms with Gasteiger partial charge in [-0.05, 0) is 26.3 Å². The van der Waals surface area contributed by atoms with Gasteiger partial charge in [0.1, 0.15) is 16.7 Å². The highest BCUT2D eigenvalue weighted by Crippen LogP contribution is 2.29. The molecule has 1 unspecified atom stereocenters. The van der Waals surface area contributed by atoms with E-state index in [0.717, 1.165) is 21.5 Å². The zero-order chi connectivity index (χ0) is 15.4. The first-order chi connectivity index (χ1) is 10.0. The molecule has 7 nitrogen and oxygen atoms in total. The summed E-state index contributed by atoms with van der Waals surface area (Å²) in [4.78, 5) is 22.5. The summed E-state index contributed by atoms with van der Waals surface area (Å²) in [7, 11) is 0. The normalized spacial score (nSPS) is 12.2. The summed E-state index contributed by atoms with van der Waals surface area (Å²) < 4.78 is 0. The number of nitrogens with one attached hydrogen (secondary N) is 3. The molecule has 0 aliphatic rings. The Morgan fingerprint density at radius 3 is 2.90 bits per heavy atom. The van der Waals surface area contributed by atoms with Crippen LogP contribution in [0.3, 0.4) is 0 Å². The zero-order valence-electron chi connectivity index (χ0n) is 12.4. The number of rotatable bonds is 6. The second-order valence-electron chi connectivity index (χ2n) is 4.77. The summed E-state index contributed by atoms with van der Waals surface area (Å²) in [5.41, 5.74) is 2.45. The number of nitrogens with two attached hydrogens (primary N) is 1. The van der Waals surface area contributed by atoms with E-state index < -0.39 is 0 Å². The van der Waals surface area contributed by atoms with Gasteiger partial charge in [0.25, 0.3) is 0 Å². The second kappa shape index (κ2) is 6.68. The first-order valence-corrected chi connectivity index (χ1v) is 7.65. The number of anilines is 2. The minimum absolute atomic E-state index is 0.0576. The Morgan fingerprint density at radius 1 is 1.48 bits per heavy atom. The molecule has 114 valence electrons. The van der Waals surface area contributed by atoms with E-state index >= 15 is 0 Å². The summed E-state index contributed by atoms with van der Waals surface area (Å²) in [5.74, 6) is 6.27. The van der Waals surface area contributed by atoms with Crippen molar-refractivity contribution in [2.75, 3.05) is 17.3 Å². The first-order valence-electron chi connectivity index (χ1n) is 6.84. The number of thiophene rings is 1. The molecule has 0 saturated heterocycles. The average Bonchev–Trinajstić information content (AvgIpc) is 2.84. The van der Waals surface area contributed by atoms with Crippen LogP contribution in [0.1, 0.15) is 25.1 Å². The van der Waals surface area contributed by atoms with Gasteiger partial charge in [-0.3, -0.25) is 10.2 Å². The van der Waals surface area contributed by atoms with Gasteiger partial charge in [-0.2, -0.15) is 4.98 Å². The van der Waals surface area contributed by atoms with E-state index in [-0.39, 0.29) is 11.9 Å². The van der Waals surface area contributed by atoms with Gasteiger partial charge in [0.05, 0.1) is 5.39 Å². The number of carbonyl (C=O) groups excluding carboxylic acids is 1. The monoisotopic (exact) mass is 308 g/mol. The molecule has 0 radical (unpaired) electrons. The van der Waals surface area contributed by atoms with Crippen LogP contribution in [-0.4, -0.2) is 28.5 Å². The van der Waals surface area contributed by atoms with Gasteiger partial charge in [-0.1, -0.05) is 6.92 Å². The fourth-order valence-corrected chi connectivity index (χ4v) is 2.77. The molecule has 2 rings (SSSR count). The van der Waals surface area contributed by atoms with Crippen LogP contribution in [-0.2, 0) is 4.79 Å². The van der Waals surface area contributed by atoms with Gasteiger partial charge >= 0.3 is 0 Å². The number of hydrazine groups is 1. The van der Waals surface area contributed by atoms with E-state index in [9.17, 15) is 4.79 Å². The van der Waals surface area contributed by atoms with E-state index in [4.69, 9.17) is 5.84 Å². The number of hydrogen-bond donors (Lipinski definition) is 4. The molecule has 0 fully saturated rings. The molecule has 2 aromatic rings. The van der Waals surface area contributed by atoms with Crippen LogP contribution in [0.15, 0.2) is 6.07 Å². The van der Waals surface area contributed by atoms with Gasteiger partial charge in [-0.25, -0.2) is 10.8 Å². The minimum atomic E-state index is -0.388.